The zero-order valence-corrected chi connectivity index (χ0v) is 11.5. The second kappa shape index (κ2) is 5.44. The molecule has 1 N–H and O–H groups in total. The van der Waals surface area contributed by atoms with Gasteiger partial charge in [0.05, 0.1) is 5.75 Å². The highest BCUT2D eigenvalue weighted by molar-refractivity contribution is 7.90. The summed E-state index contributed by atoms with van der Waals surface area (Å²) in [5.74, 6) is 1.81. The maximum Gasteiger partial charge on any atom is 0.149 e. The monoisotopic (exact) mass is 257 g/mol. The number of aryl methyl sites for hydroxylation is 1. The second-order valence-electron chi connectivity index (χ2n) is 4.46. The van der Waals surface area contributed by atoms with E-state index in [1.807, 2.05) is 26.8 Å². The van der Waals surface area contributed by atoms with Gasteiger partial charge in [0.2, 0.25) is 0 Å². The Bertz CT molecular complexity index is 483. The topological polar surface area (TPSA) is 72.0 Å². The number of nitrogens with zero attached hydrogens (tertiary/aromatic N) is 2. The van der Waals surface area contributed by atoms with Crippen LogP contribution in [-0.4, -0.2) is 36.9 Å². The molecular formula is C11H19N3O2S. The number of anilines is 1. The molecule has 96 valence electrons. The Morgan fingerprint density at radius 2 is 2.00 bits per heavy atom. The van der Waals surface area contributed by atoms with Crippen molar-refractivity contribution in [2.75, 3.05) is 23.9 Å². The molecule has 0 bridgehead atoms. The Balaban J connectivity index is 2.71. The van der Waals surface area contributed by atoms with Crippen molar-refractivity contribution >= 4 is 15.7 Å². The zero-order valence-electron chi connectivity index (χ0n) is 10.7. The van der Waals surface area contributed by atoms with Crippen molar-refractivity contribution in [3.63, 3.8) is 0 Å². The lowest BCUT2D eigenvalue weighted by Crippen LogP contribution is -2.15. The molecule has 0 saturated heterocycles. The highest BCUT2D eigenvalue weighted by Gasteiger charge is 2.07. The number of aromatic nitrogens is 2. The summed E-state index contributed by atoms with van der Waals surface area (Å²) in [6.45, 7) is 6.31. The molecule has 1 aromatic rings. The predicted octanol–water partition coefficient (Wildman–Crippen LogP) is 1.36. The number of sulfone groups is 1. The van der Waals surface area contributed by atoms with Gasteiger partial charge in [0.1, 0.15) is 21.5 Å². The van der Waals surface area contributed by atoms with Crippen molar-refractivity contribution in [1.82, 2.24) is 9.97 Å². The Morgan fingerprint density at radius 3 is 2.53 bits per heavy atom. The first-order valence-electron chi connectivity index (χ1n) is 5.55. The summed E-state index contributed by atoms with van der Waals surface area (Å²) in [5.41, 5.74) is 0.880. The van der Waals surface area contributed by atoms with Crippen LogP contribution in [0.25, 0.3) is 0 Å². The summed E-state index contributed by atoms with van der Waals surface area (Å²) in [6, 6.07) is 1.81. The summed E-state index contributed by atoms with van der Waals surface area (Å²) in [5, 5.41) is 3.01. The smallest absolute Gasteiger partial charge is 0.149 e. The van der Waals surface area contributed by atoms with Crippen LogP contribution in [-0.2, 0) is 9.84 Å². The quantitative estimate of drug-likeness (QED) is 0.862. The van der Waals surface area contributed by atoms with Crippen LogP contribution in [0.3, 0.4) is 0 Å². The van der Waals surface area contributed by atoms with E-state index >= 15 is 0 Å². The SMILES string of the molecule is Cc1cc(NCCS(C)(=O)=O)nc(C(C)C)n1. The Hall–Kier alpha value is -1.17. The zero-order chi connectivity index (χ0) is 13.1. The van der Waals surface area contributed by atoms with E-state index in [-0.39, 0.29) is 11.7 Å². The lowest BCUT2D eigenvalue weighted by atomic mass is 10.2. The van der Waals surface area contributed by atoms with Crippen molar-refractivity contribution in [2.45, 2.75) is 26.7 Å². The fraction of sp³-hybridized carbons (Fsp3) is 0.636. The average molecular weight is 257 g/mol. The van der Waals surface area contributed by atoms with E-state index in [0.717, 1.165) is 11.5 Å². The molecule has 0 atom stereocenters. The standard InChI is InChI=1S/C11H19N3O2S/c1-8(2)11-13-9(3)7-10(14-11)12-5-6-17(4,15)16/h7-8H,5-6H2,1-4H3,(H,12,13,14). The van der Waals surface area contributed by atoms with E-state index in [9.17, 15) is 8.42 Å². The lowest BCUT2D eigenvalue weighted by molar-refractivity contribution is 0.602. The molecule has 1 rings (SSSR count). The normalized spacial score (nSPS) is 11.8. The van der Waals surface area contributed by atoms with Crippen LogP contribution in [0.1, 0.15) is 31.3 Å². The van der Waals surface area contributed by atoms with E-state index in [2.05, 4.69) is 15.3 Å². The Morgan fingerprint density at radius 1 is 1.35 bits per heavy atom. The number of nitrogens with one attached hydrogen (secondary N) is 1. The van der Waals surface area contributed by atoms with Gasteiger partial charge in [0.15, 0.2) is 0 Å². The van der Waals surface area contributed by atoms with Crippen molar-refractivity contribution in [3.8, 4) is 0 Å². The molecule has 0 saturated carbocycles. The molecule has 5 nitrogen and oxygen atoms in total. The molecule has 1 aromatic heterocycles. The molecule has 0 aliphatic carbocycles. The van der Waals surface area contributed by atoms with Gasteiger partial charge < -0.3 is 5.32 Å². The van der Waals surface area contributed by atoms with Gasteiger partial charge in [-0.15, -0.1) is 0 Å². The van der Waals surface area contributed by atoms with Crippen LogP contribution in [0.4, 0.5) is 5.82 Å². The van der Waals surface area contributed by atoms with Gasteiger partial charge in [-0.1, -0.05) is 13.8 Å². The van der Waals surface area contributed by atoms with E-state index in [0.29, 0.717) is 12.4 Å². The third-order valence-corrected chi connectivity index (χ3v) is 3.11. The van der Waals surface area contributed by atoms with E-state index in [1.165, 1.54) is 6.26 Å². The number of hydrogen-bond donors (Lipinski definition) is 1. The van der Waals surface area contributed by atoms with E-state index in [4.69, 9.17) is 0 Å². The van der Waals surface area contributed by atoms with Crippen LogP contribution < -0.4 is 5.32 Å². The molecule has 0 unspecified atom stereocenters. The predicted molar refractivity (Wildman–Crippen MR) is 69.1 cm³/mol. The van der Waals surface area contributed by atoms with Gasteiger partial charge in [-0.05, 0) is 6.92 Å². The second-order valence-corrected chi connectivity index (χ2v) is 6.72. The first-order chi connectivity index (χ1) is 7.78. The highest BCUT2D eigenvalue weighted by atomic mass is 32.2. The van der Waals surface area contributed by atoms with Crippen molar-refractivity contribution in [1.29, 1.82) is 0 Å². The highest BCUT2D eigenvalue weighted by Crippen LogP contribution is 2.13. The summed E-state index contributed by atoms with van der Waals surface area (Å²) in [6.07, 6.45) is 1.22. The Kier molecular flexibility index (Phi) is 4.45. The van der Waals surface area contributed by atoms with Crippen molar-refractivity contribution < 1.29 is 8.42 Å². The average Bonchev–Trinajstić information content (AvgIpc) is 2.14. The fourth-order valence-corrected chi connectivity index (χ4v) is 1.78. The number of rotatable bonds is 5. The minimum atomic E-state index is -2.94. The molecule has 0 spiro atoms. The summed E-state index contributed by atoms with van der Waals surface area (Å²) in [4.78, 5) is 8.66. The lowest BCUT2D eigenvalue weighted by Gasteiger charge is -2.09. The van der Waals surface area contributed by atoms with Crippen molar-refractivity contribution in [3.05, 3.63) is 17.6 Å². The molecule has 17 heavy (non-hydrogen) atoms. The molecule has 0 aliphatic rings. The molecule has 1 heterocycles. The molecule has 0 amide bonds. The third-order valence-electron chi connectivity index (χ3n) is 2.17. The fourth-order valence-electron chi connectivity index (χ4n) is 1.30. The Labute approximate surface area is 103 Å². The minimum Gasteiger partial charge on any atom is -0.369 e. The van der Waals surface area contributed by atoms with Crippen LogP contribution in [0.2, 0.25) is 0 Å². The van der Waals surface area contributed by atoms with Crippen LogP contribution in [0, 0.1) is 6.92 Å². The largest absolute Gasteiger partial charge is 0.369 e. The molecule has 0 aromatic carbocycles. The number of hydrogen-bond acceptors (Lipinski definition) is 5. The van der Waals surface area contributed by atoms with E-state index < -0.39 is 9.84 Å². The molecule has 0 aliphatic heterocycles. The maximum absolute atomic E-state index is 11.0. The summed E-state index contributed by atoms with van der Waals surface area (Å²) < 4.78 is 22.0. The van der Waals surface area contributed by atoms with Gasteiger partial charge in [-0.3, -0.25) is 0 Å². The maximum atomic E-state index is 11.0. The van der Waals surface area contributed by atoms with Gasteiger partial charge in [-0.25, -0.2) is 18.4 Å². The van der Waals surface area contributed by atoms with Gasteiger partial charge in [0.25, 0.3) is 0 Å². The first kappa shape index (κ1) is 13.9. The van der Waals surface area contributed by atoms with Crippen LogP contribution in [0.15, 0.2) is 6.07 Å². The summed E-state index contributed by atoms with van der Waals surface area (Å²) >= 11 is 0. The van der Waals surface area contributed by atoms with Gasteiger partial charge >= 0.3 is 0 Å². The third kappa shape index (κ3) is 5.12. The van der Waals surface area contributed by atoms with Crippen LogP contribution >= 0.6 is 0 Å². The van der Waals surface area contributed by atoms with E-state index in [1.54, 1.807) is 0 Å². The minimum absolute atomic E-state index is 0.104. The molecule has 0 fully saturated rings. The molecule has 6 heteroatoms. The molecular weight excluding hydrogens is 238 g/mol. The van der Waals surface area contributed by atoms with Gasteiger partial charge in [0, 0.05) is 30.5 Å². The molecule has 0 radical (unpaired) electrons. The van der Waals surface area contributed by atoms with Crippen LogP contribution in [0.5, 0.6) is 0 Å². The summed E-state index contributed by atoms with van der Waals surface area (Å²) in [7, 11) is -2.94. The first-order valence-corrected chi connectivity index (χ1v) is 7.61. The van der Waals surface area contributed by atoms with Crippen molar-refractivity contribution in [2.24, 2.45) is 0 Å². The van der Waals surface area contributed by atoms with Gasteiger partial charge in [-0.2, -0.15) is 0 Å².